The Kier molecular flexibility index (Phi) is 5.74. The summed E-state index contributed by atoms with van der Waals surface area (Å²) < 4.78 is 10.00. The maximum Gasteiger partial charge on any atom is 0.165 e. The summed E-state index contributed by atoms with van der Waals surface area (Å²) in [4.78, 5) is 12.2. The predicted molar refractivity (Wildman–Crippen MR) is 232 cm³/mol. The van der Waals surface area contributed by atoms with E-state index in [0.29, 0.717) is 0 Å². The number of thiophene rings is 1. The summed E-state index contributed by atoms with van der Waals surface area (Å²) in [6.45, 7) is 0. The number of furan rings is 1. The van der Waals surface area contributed by atoms with Crippen LogP contribution in [0.3, 0.4) is 0 Å². The molecule has 4 aromatic heterocycles. The minimum atomic E-state index is 0.800. The number of nitrogens with zero attached hydrogens (tertiary/aromatic N) is 3. The molecule has 9 aromatic carbocycles. The number of hydrogen-bond acceptors (Lipinski definition) is 4. The van der Waals surface area contributed by atoms with Crippen molar-refractivity contribution < 1.29 is 4.42 Å². The molecule has 4 nitrogen and oxygen atoms in total. The molecule has 5 heteroatoms. The zero-order valence-corrected chi connectivity index (χ0v) is 30.1. The van der Waals surface area contributed by atoms with Gasteiger partial charge in [-0.3, -0.25) is 4.57 Å². The van der Waals surface area contributed by atoms with E-state index in [1.165, 1.54) is 58.6 Å². The zero-order valence-electron chi connectivity index (χ0n) is 29.2. The fourth-order valence-electron chi connectivity index (χ4n) is 9.24. The highest BCUT2D eigenvalue weighted by Crippen LogP contribution is 2.47. The van der Waals surface area contributed by atoms with Crippen molar-refractivity contribution in [3.8, 4) is 17.1 Å². The molecule has 0 fully saturated rings. The second-order valence-corrected chi connectivity index (χ2v) is 15.5. The molecule has 55 heavy (non-hydrogen) atoms. The van der Waals surface area contributed by atoms with E-state index in [1.807, 2.05) is 12.1 Å². The number of hydrogen-bond donors (Lipinski definition) is 0. The number of rotatable bonds is 2. The maximum atomic E-state index is 6.44. The van der Waals surface area contributed by atoms with E-state index in [2.05, 4.69) is 156 Å². The molecule has 0 bridgehead atoms. The molecule has 4 heterocycles. The fraction of sp³-hybridized carbons (Fsp3) is 0. The van der Waals surface area contributed by atoms with Gasteiger partial charge in [0.15, 0.2) is 5.82 Å². The minimum Gasteiger partial charge on any atom is -0.456 e. The van der Waals surface area contributed by atoms with Gasteiger partial charge in [0.25, 0.3) is 0 Å². The van der Waals surface area contributed by atoms with Crippen molar-refractivity contribution in [2.45, 2.75) is 0 Å². The van der Waals surface area contributed by atoms with E-state index < -0.39 is 0 Å². The van der Waals surface area contributed by atoms with Crippen LogP contribution in [0.1, 0.15) is 0 Å². The Hall–Kier alpha value is -7.08. The minimum absolute atomic E-state index is 0.800. The first-order valence-corrected chi connectivity index (χ1v) is 19.4. The predicted octanol–water partition coefficient (Wildman–Crippen LogP) is 14.1. The van der Waals surface area contributed by atoms with Crippen LogP contribution < -0.4 is 0 Å². The molecule has 0 spiro atoms. The average Bonchev–Trinajstić information content (AvgIpc) is 3.91. The third kappa shape index (κ3) is 3.94. The second kappa shape index (κ2) is 10.8. The highest BCUT2D eigenvalue weighted by Gasteiger charge is 2.25. The standard InChI is InChI=1S/C50H27N3OS/c1-2-13-29-27-40-38(26-28(29)12-1)46-39(25-24-34-32-16-4-3-14-30(32)31-15-5-6-17-33(31)45(34)46)53(40)49-47(52-50-48(51-49)36-19-8-10-23-43(36)55-50)37-20-11-22-42-44(37)35-18-7-9-21-41(35)54-42/h1-27H. The van der Waals surface area contributed by atoms with E-state index in [0.717, 1.165) is 65.8 Å². The highest BCUT2D eigenvalue weighted by atomic mass is 32.1. The fourth-order valence-corrected chi connectivity index (χ4v) is 10.3. The molecular formula is C50H27N3OS. The summed E-state index contributed by atoms with van der Waals surface area (Å²) in [5.74, 6) is 0.800. The normalized spacial score (nSPS) is 12.4. The number of fused-ring (bicyclic) bond motifs is 17. The summed E-state index contributed by atoms with van der Waals surface area (Å²) in [6, 6.07) is 58.8. The van der Waals surface area contributed by atoms with E-state index in [1.54, 1.807) is 11.3 Å². The van der Waals surface area contributed by atoms with Crippen molar-refractivity contribution in [2.75, 3.05) is 0 Å². The van der Waals surface area contributed by atoms with E-state index in [-0.39, 0.29) is 0 Å². The number of para-hydroxylation sites is 1. The van der Waals surface area contributed by atoms with Crippen molar-refractivity contribution in [3.63, 3.8) is 0 Å². The van der Waals surface area contributed by atoms with Gasteiger partial charge in [-0.1, -0.05) is 127 Å². The number of aromatic nitrogens is 3. The van der Waals surface area contributed by atoms with Gasteiger partial charge in [0, 0.05) is 42.6 Å². The Bertz CT molecular complexity index is 3760. The summed E-state index contributed by atoms with van der Waals surface area (Å²) in [6.07, 6.45) is 0. The topological polar surface area (TPSA) is 43.9 Å². The van der Waals surface area contributed by atoms with Crippen LogP contribution in [0.2, 0.25) is 0 Å². The molecule has 13 rings (SSSR count). The maximum absolute atomic E-state index is 6.44. The van der Waals surface area contributed by atoms with Gasteiger partial charge >= 0.3 is 0 Å². The van der Waals surface area contributed by atoms with Gasteiger partial charge in [-0.2, -0.15) is 0 Å². The quantitative estimate of drug-likeness (QED) is 0.167. The SMILES string of the molecule is c1ccc2cc3c(cc2c1)c1c2c4ccccc4c4ccccc4c2ccc1n3-c1nc2c(nc1-c1cccc3oc4ccccc4c13)sc1ccccc12. The van der Waals surface area contributed by atoms with Gasteiger partial charge in [0.1, 0.15) is 27.2 Å². The third-order valence-corrected chi connectivity index (χ3v) is 12.6. The molecule has 0 radical (unpaired) electrons. The second-order valence-electron chi connectivity index (χ2n) is 14.5. The molecule has 0 N–H and O–H groups in total. The molecular weight excluding hydrogens is 691 g/mol. The summed E-state index contributed by atoms with van der Waals surface area (Å²) in [5.41, 5.74) is 6.62. The van der Waals surface area contributed by atoms with Crippen molar-refractivity contribution >= 4 is 119 Å². The summed E-state index contributed by atoms with van der Waals surface area (Å²) in [7, 11) is 0. The largest absolute Gasteiger partial charge is 0.456 e. The van der Waals surface area contributed by atoms with Crippen LogP contribution in [-0.4, -0.2) is 14.5 Å². The molecule has 0 amide bonds. The van der Waals surface area contributed by atoms with Crippen molar-refractivity contribution in [2.24, 2.45) is 0 Å². The van der Waals surface area contributed by atoms with E-state index in [9.17, 15) is 0 Å². The third-order valence-electron chi connectivity index (χ3n) is 11.6. The lowest BCUT2D eigenvalue weighted by molar-refractivity contribution is 0.669. The first-order chi connectivity index (χ1) is 27.3. The molecule has 0 atom stereocenters. The summed E-state index contributed by atoms with van der Waals surface area (Å²) >= 11 is 1.69. The zero-order chi connectivity index (χ0) is 35.8. The smallest absolute Gasteiger partial charge is 0.165 e. The lowest BCUT2D eigenvalue weighted by Crippen LogP contribution is -2.03. The van der Waals surface area contributed by atoms with Gasteiger partial charge in [-0.15, -0.1) is 11.3 Å². The van der Waals surface area contributed by atoms with E-state index in [4.69, 9.17) is 14.4 Å². The molecule has 0 unspecified atom stereocenters. The Morgan fingerprint density at radius 3 is 1.89 bits per heavy atom. The first-order valence-electron chi connectivity index (χ1n) is 18.6. The monoisotopic (exact) mass is 717 g/mol. The van der Waals surface area contributed by atoms with Crippen LogP contribution >= 0.6 is 11.3 Å². The first kappa shape index (κ1) is 29.4. The Morgan fingerprint density at radius 2 is 1.07 bits per heavy atom. The average molecular weight is 718 g/mol. The van der Waals surface area contributed by atoms with Crippen LogP contribution in [0, 0.1) is 0 Å². The van der Waals surface area contributed by atoms with Gasteiger partial charge < -0.3 is 4.42 Å². The molecule has 254 valence electrons. The van der Waals surface area contributed by atoms with Gasteiger partial charge in [0.05, 0.1) is 11.0 Å². The van der Waals surface area contributed by atoms with Crippen molar-refractivity contribution in [1.82, 2.24) is 14.5 Å². The molecule has 0 aliphatic carbocycles. The Morgan fingerprint density at radius 1 is 0.436 bits per heavy atom. The van der Waals surface area contributed by atoms with Crippen LogP contribution in [0.4, 0.5) is 0 Å². The van der Waals surface area contributed by atoms with Gasteiger partial charge in [0.2, 0.25) is 0 Å². The van der Waals surface area contributed by atoms with Crippen LogP contribution in [0.25, 0.3) is 124 Å². The summed E-state index contributed by atoms with van der Waals surface area (Å²) in [5, 5.41) is 15.5. The Labute approximate surface area is 317 Å². The highest BCUT2D eigenvalue weighted by molar-refractivity contribution is 7.25. The lowest BCUT2D eigenvalue weighted by atomic mass is 9.91. The molecule has 13 aromatic rings. The molecule has 0 aliphatic heterocycles. The van der Waals surface area contributed by atoms with Crippen LogP contribution in [0.5, 0.6) is 0 Å². The van der Waals surface area contributed by atoms with E-state index >= 15 is 0 Å². The van der Waals surface area contributed by atoms with Crippen LogP contribution in [-0.2, 0) is 0 Å². The van der Waals surface area contributed by atoms with Crippen molar-refractivity contribution in [3.05, 3.63) is 164 Å². The molecule has 0 saturated carbocycles. The Balaban J connectivity index is 1.28. The van der Waals surface area contributed by atoms with Gasteiger partial charge in [-0.25, -0.2) is 9.97 Å². The lowest BCUT2D eigenvalue weighted by Gasteiger charge is -2.15. The van der Waals surface area contributed by atoms with Crippen molar-refractivity contribution in [1.29, 1.82) is 0 Å². The molecule has 0 saturated heterocycles. The van der Waals surface area contributed by atoms with Crippen LogP contribution in [0.15, 0.2) is 168 Å². The van der Waals surface area contributed by atoms with Gasteiger partial charge in [-0.05, 0) is 74.1 Å². The molecule has 0 aliphatic rings. The number of benzene rings is 9.